The highest BCUT2D eigenvalue weighted by molar-refractivity contribution is 6.22. The minimum atomic E-state index is 0.0537. The predicted octanol–water partition coefficient (Wildman–Crippen LogP) is 4.16. The van der Waals surface area contributed by atoms with E-state index in [4.69, 9.17) is 9.47 Å². The molecule has 136 valence electrons. The smallest absolute Gasteiger partial charge is 0.194 e. The van der Waals surface area contributed by atoms with E-state index < -0.39 is 0 Å². The summed E-state index contributed by atoms with van der Waals surface area (Å²) >= 11 is 0. The molecule has 0 radical (unpaired) electrons. The highest BCUT2D eigenvalue weighted by Crippen LogP contribution is 2.43. The van der Waals surface area contributed by atoms with Crippen molar-refractivity contribution in [2.75, 3.05) is 32.8 Å². The van der Waals surface area contributed by atoms with Gasteiger partial charge in [-0.15, -0.1) is 0 Å². The second kappa shape index (κ2) is 7.50. The number of ketones is 1. The number of benzene rings is 2. The summed E-state index contributed by atoms with van der Waals surface area (Å²) in [4.78, 5) is 15.3. The zero-order valence-corrected chi connectivity index (χ0v) is 15.3. The molecule has 4 nitrogen and oxygen atoms in total. The summed E-state index contributed by atoms with van der Waals surface area (Å²) in [5.41, 5.74) is 3.30. The Morgan fingerprint density at radius 3 is 2.62 bits per heavy atom. The molecule has 26 heavy (non-hydrogen) atoms. The van der Waals surface area contributed by atoms with Crippen molar-refractivity contribution in [1.82, 2.24) is 4.90 Å². The molecule has 0 amide bonds. The first kappa shape index (κ1) is 17.1. The largest absolute Gasteiger partial charge is 0.494 e. The van der Waals surface area contributed by atoms with Crippen molar-refractivity contribution in [3.05, 3.63) is 47.5 Å². The summed E-state index contributed by atoms with van der Waals surface area (Å²) in [6, 6.07) is 11.5. The van der Waals surface area contributed by atoms with Crippen LogP contribution in [0.25, 0.3) is 11.1 Å². The zero-order valence-electron chi connectivity index (χ0n) is 15.3. The lowest BCUT2D eigenvalue weighted by molar-refractivity contribution is 0.104. The third kappa shape index (κ3) is 3.21. The van der Waals surface area contributed by atoms with Crippen molar-refractivity contribution in [3.63, 3.8) is 0 Å². The van der Waals surface area contributed by atoms with Gasteiger partial charge in [0.2, 0.25) is 0 Å². The Morgan fingerprint density at radius 2 is 1.81 bits per heavy atom. The van der Waals surface area contributed by atoms with E-state index in [1.807, 2.05) is 43.3 Å². The van der Waals surface area contributed by atoms with Crippen LogP contribution in [0.4, 0.5) is 0 Å². The van der Waals surface area contributed by atoms with Crippen LogP contribution in [-0.2, 0) is 0 Å². The van der Waals surface area contributed by atoms with Crippen molar-refractivity contribution < 1.29 is 14.3 Å². The number of ether oxygens (including phenoxy) is 2. The van der Waals surface area contributed by atoms with Gasteiger partial charge in [-0.2, -0.15) is 0 Å². The Balaban J connectivity index is 1.55. The van der Waals surface area contributed by atoms with Crippen LogP contribution < -0.4 is 9.47 Å². The number of carbonyl (C=O) groups excluding carboxylic acids is 1. The van der Waals surface area contributed by atoms with Gasteiger partial charge in [-0.25, -0.2) is 0 Å². The molecule has 1 saturated heterocycles. The van der Waals surface area contributed by atoms with Gasteiger partial charge in [-0.1, -0.05) is 18.6 Å². The van der Waals surface area contributed by atoms with Gasteiger partial charge >= 0.3 is 0 Å². The molecule has 0 bridgehead atoms. The zero-order chi connectivity index (χ0) is 17.9. The molecule has 0 atom stereocenters. The topological polar surface area (TPSA) is 38.8 Å². The Bertz CT molecular complexity index is 809. The van der Waals surface area contributed by atoms with Gasteiger partial charge in [0.05, 0.1) is 6.61 Å². The fourth-order valence-corrected chi connectivity index (χ4v) is 3.92. The van der Waals surface area contributed by atoms with E-state index in [-0.39, 0.29) is 5.78 Å². The van der Waals surface area contributed by atoms with Crippen LogP contribution in [0.3, 0.4) is 0 Å². The second-order valence-corrected chi connectivity index (χ2v) is 6.90. The molecule has 4 heteroatoms. The van der Waals surface area contributed by atoms with E-state index in [0.29, 0.717) is 18.8 Å². The van der Waals surface area contributed by atoms with E-state index in [1.165, 1.54) is 19.3 Å². The van der Waals surface area contributed by atoms with Gasteiger partial charge in [0.15, 0.2) is 5.78 Å². The standard InChI is InChI=1S/C22H25NO3/c1-2-25-16-9-10-17-19(15-16)22(24)18-7-6-8-20(21(17)18)26-14-13-23-11-4-3-5-12-23/h6-10,15H,2-5,11-14H2,1H3. The van der Waals surface area contributed by atoms with Gasteiger partial charge in [-0.3, -0.25) is 9.69 Å². The summed E-state index contributed by atoms with van der Waals surface area (Å²) < 4.78 is 11.7. The highest BCUT2D eigenvalue weighted by atomic mass is 16.5. The lowest BCUT2D eigenvalue weighted by Gasteiger charge is -2.26. The van der Waals surface area contributed by atoms with Gasteiger partial charge < -0.3 is 9.47 Å². The summed E-state index contributed by atoms with van der Waals surface area (Å²) in [6.07, 6.45) is 3.90. The number of hydrogen-bond acceptors (Lipinski definition) is 4. The van der Waals surface area contributed by atoms with Crippen molar-refractivity contribution in [2.24, 2.45) is 0 Å². The average molecular weight is 351 g/mol. The minimum absolute atomic E-state index is 0.0537. The fourth-order valence-electron chi connectivity index (χ4n) is 3.92. The van der Waals surface area contributed by atoms with E-state index in [9.17, 15) is 4.79 Å². The molecule has 1 aliphatic heterocycles. The number of nitrogens with zero attached hydrogens (tertiary/aromatic N) is 1. The normalized spacial score (nSPS) is 16.3. The average Bonchev–Trinajstić information content (AvgIpc) is 2.96. The van der Waals surface area contributed by atoms with Crippen LogP contribution in [0.15, 0.2) is 36.4 Å². The molecule has 0 N–H and O–H groups in total. The summed E-state index contributed by atoms with van der Waals surface area (Å²) in [5, 5.41) is 0. The van der Waals surface area contributed by atoms with Crippen LogP contribution in [0.2, 0.25) is 0 Å². The Morgan fingerprint density at radius 1 is 0.962 bits per heavy atom. The third-order valence-corrected chi connectivity index (χ3v) is 5.20. The van der Waals surface area contributed by atoms with Crippen LogP contribution in [0, 0.1) is 0 Å². The lowest BCUT2D eigenvalue weighted by Crippen LogP contribution is -2.33. The molecule has 2 aromatic rings. The van der Waals surface area contributed by atoms with E-state index in [1.54, 1.807) is 0 Å². The van der Waals surface area contributed by atoms with Gasteiger partial charge in [0, 0.05) is 23.2 Å². The van der Waals surface area contributed by atoms with Gasteiger partial charge in [-0.05, 0) is 62.7 Å². The SMILES string of the molecule is CCOc1ccc2c(c1)C(=O)c1cccc(OCCN3CCCCC3)c1-2. The van der Waals surface area contributed by atoms with Gasteiger partial charge in [0.1, 0.15) is 18.1 Å². The number of rotatable bonds is 6. The minimum Gasteiger partial charge on any atom is -0.494 e. The quantitative estimate of drug-likeness (QED) is 0.668. The first-order valence-corrected chi connectivity index (χ1v) is 9.58. The number of likely N-dealkylation sites (tertiary alicyclic amines) is 1. The van der Waals surface area contributed by atoms with E-state index >= 15 is 0 Å². The molecule has 2 aliphatic rings. The van der Waals surface area contributed by atoms with Crippen molar-refractivity contribution in [1.29, 1.82) is 0 Å². The molecule has 1 aliphatic carbocycles. The predicted molar refractivity (Wildman–Crippen MR) is 102 cm³/mol. The molecular weight excluding hydrogens is 326 g/mol. The van der Waals surface area contributed by atoms with Crippen LogP contribution in [0.1, 0.15) is 42.1 Å². The summed E-state index contributed by atoms with van der Waals surface area (Å²) in [6.45, 7) is 6.45. The molecule has 1 fully saturated rings. The Hall–Kier alpha value is -2.33. The van der Waals surface area contributed by atoms with Crippen molar-refractivity contribution in [2.45, 2.75) is 26.2 Å². The molecule has 2 aromatic carbocycles. The molecule has 0 spiro atoms. The number of carbonyl (C=O) groups is 1. The van der Waals surface area contributed by atoms with E-state index in [2.05, 4.69) is 4.90 Å². The third-order valence-electron chi connectivity index (χ3n) is 5.20. The first-order valence-electron chi connectivity index (χ1n) is 9.58. The van der Waals surface area contributed by atoms with Crippen molar-refractivity contribution in [3.8, 4) is 22.6 Å². The lowest BCUT2D eigenvalue weighted by atomic mass is 10.0. The Labute approximate surface area is 154 Å². The second-order valence-electron chi connectivity index (χ2n) is 6.90. The summed E-state index contributed by atoms with van der Waals surface area (Å²) in [5.74, 6) is 1.59. The maximum Gasteiger partial charge on any atom is 0.194 e. The van der Waals surface area contributed by atoms with Gasteiger partial charge in [0.25, 0.3) is 0 Å². The highest BCUT2D eigenvalue weighted by Gasteiger charge is 2.30. The number of hydrogen-bond donors (Lipinski definition) is 0. The van der Waals surface area contributed by atoms with Crippen LogP contribution >= 0.6 is 0 Å². The number of fused-ring (bicyclic) bond motifs is 3. The Kier molecular flexibility index (Phi) is 4.93. The van der Waals surface area contributed by atoms with Crippen LogP contribution in [0.5, 0.6) is 11.5 Å². The molecule has 0 aromatic heterocycles. The summed E-state index contributed by atoms with van der Waals surface area (Å²) in [7, 11) is 0. The maximum atomic E-state index is 12.8. The molecular formula is C22H25NO3. The van der Waals surface area contributed by atoms with E-state index in [0.717, 1.165) is 47.8 Å². The molecule has 1 heterocycles. The monoisotopic (exact) mass is 351 g/mol. The maximum absolute atomic E-state index is 12.8. The molecule has 0 saturated carbocycles. The van der Waals surface area contributed by atoms with Crippen molar-refractivity contribution >= 4 is 5.78 Å². The fraction of sp³-hybridized carbons (Fsp3) is 0.409. The molecule has 0 unspecified atom stereocenters. The van der Waals surface area contributed by atoms with Crippen LogP contribution in [-0.4, -0.2) is 43.5 Å². The number of piperidine rings is 1. The molecule has 4 rings (SSSR count). The first-order chi connectivity index (χ1) is 12.8.